The number of hydrogen-bond acceptors (Lipinski definition) is 2. The number of rotatable bonds is 5. The Morgan fingerprint density at radius 3 is 2.76 bits per heavy atom. The summed E-state index contributed by atoms with van der Waals surface area (Å²) in [6, 6.07) is 10.1. The molecule has 2 aromatic rings. The Labute approximate surface area is 137 Å². The van der Waals surface area contributed by atoms with Gasteiger partial charge in [0.25, 0.3) is 0 Å². The Kier molecular flexibility index (Phi) is 5.62. The first-order valence-corrected chi connectivity index (χ1v) is 7.69. The second-order valence-corrected chi connectivity index (χ2v) is 6.02. The van der Waals surface area contributed by atoms with Crippen LogP contribution in [0.3, 0.4) is 0 Å². The van der Waals surface area contributed by atoms with Gasteiger partial charge in [-0.1, -0.05) is 27.5 Å². The molecule has 2 nitrogen and oxygen atoms in total. The highest BCUT2D eigenvalue weighted by atomic mass is 79.9. The number of hydrogen-bond donors (Lipinski definition) is 1. The predicted molar refractivity (Wildman–Crippen MR) is 87.4 cm³/mol. The number of methoxy groups -OCH3 is 1. The third-order valence-corrected chi connectivity index (χ3v) is 4.27. The first-order chi connectivity index (χ1) is 10.0. The largest absolute Gasteiger partial charge is 0.496 e. The summed E-state index contributed by atoms with van der Waals surface area (Å²) in [7, 11) is 1.58. The molecule has 0 heterocycles. The van der Waals surface area contributed by atoms with Gasteiger partial charge in [-0.25, -0.2) is 4.39 Å². The Bertz CT molecular complexity index is 636. The van der Waals surface area contributed by atoms with Crippen molar-refractivity contribution in [3.63, 3.8) is 0 Å². The third kappa shape index (κ3) is 4.19. The molecule has 0 aliphatic heterocycles. The van der Waals surface area contributed by atoms with E-state index in [4.69, 9.17) is 16.3 Å². The van der Waals surface area contributed by atoms with E-state index in [1.165, 1.54) is 12.1 Å². The lowest BCUT2D eigenvalue weighted by Crippen LogP contribution is -2.19. The fraction of sp³-hybridized carbons (Fsp3) is 0.250. The van der Waals surface area contributed by atoms with Crippen LogP contribution in [0.15, 0.2) is 40.9 Å². The minimum atomic E-state index is -0.275. The lowest BCUT2D eigenvalue weighted by atomic mass is 10.1. The van der Waals surface area contributed by atoms with Crippen molar-refractivity contribution in [2.75, 3.05) is 7.11 Å². The fourth-order valence-electron chi connectivity index (χ4n) is 2.10. The van der Waals surface area contributed by atoms with Crippen molar-refractivity contribution in [3.8, 4) is 5.75 Å². The van der Waals surface area contributed by atoms with Gasteiger partial charge in [-0.3, -0.25) is 0 Å². The Hall–Kier alpha value is -1.10. The standard InChI is InChI=1S/C16H16BrClFNO/c1-10(14-8-13(19)4-6-16(14)21-2)20-9-11-7-12(18)3-5-15(11)17/h3-8,10,20H,9H2,1-2H3. The number of halogens is 3. The van der Waals surface area contributed by atoms with Crippen molar-refractivity contribution in [1.82, 2.24) is 5.32 Å². The molecular formula is C16H16BrClFNO. The summed E-state index contributed by atoms with van der Waals surface area (Å²) < 4.78 is 19.7. The fourth-order valence-corrected chi connectivity index (χ4v) is 2.68. The van der Waals surface area contributed by atoms with Crippen molar-refractivity contribution in [2.45, 2.75) is 19.5 Å². The maximum atomic E-state index is 13.4. The summed E-state index contributed by atoms with van der Waals surface area (Å²) in [5, 5.41) is 4.04. The summed E-state index contributed by atoms with van der Waals surface area (Å²) in [5.74, 6) is 0.393. The van der Waals surface area contributed by atoms with E-state index in [9.17, 15) is 4.39 Å². The SMILES string of the molecule is COc1ccc(F)cc1C(C)NCc1cc(Cl)ccc1Br. The zero-order valence-electron chi connectivity index (χ0n) is 11.8. The summed E-state index contributed by atoms with van der Waals surface area (Å²) in [6.07, 6.45) is 0. The van der Waals surface area contributed by atoms with Crippen LogP contribution in [-0.2, 0) is 6.54 Å². The molecule has 1 unspecified atom stereocenters. The minimum Gasteiger partial charge on any atom is -0.496 e. The van der Waals surface area contributed by atoms with E-state index in [1.54, 1.807) is 13.2 Å². The van der Waals surface area contributed by atoms with Crippen molar-refractivity contribution in [3.05, 3.63) is 62.8 Å². The molecule has 0 amide bonds. The lowest BCUT2D eigenvalue weighted by molar-refractivity contribution is 0.399. The van der Waals surface area contributed by atoms with Gasteiger partial charge in [0.05, 0.1) is 7.11 Å². The Morgan fingerprint density at radius 1 is 1.29 bits per heavy atom. The van der Waals surface area contributed by atoms with Crippen LogP contribution in [0, 0.1) is 5.82 Å². The van der Waals surface area contributed by atoms with Gasteiger partial charge in [0.1, 0.15) is 11.6 Å². The highest BCUT2D eigenvalue weighted by Crippen LogP contribution is 2.27. The van der Waals surface area contributed by atoms with Gasteiger partial charge < -0.3 is 10.1 Å². The van der Waals surface area contributed by atoms with Crippen LogP contribution in [0.5, 0.6) is 5.75 Å². The Balaban J connectivity index is 2.13. The topological polar surface area (TPSA) is 21.3 Å². The molecule has 0 spiro atoms. The second kappa shape index (κ2) is 7.25. The second-order valence-electron chi connectivity index (χ2n) is 4.72. The van der Waals surface area contributed by atoms with E-state index in [1.807, 2.05) is 25.1 Å². The van der Waals surface area contributed by atoms with Gasteiger partial charge >= 0.3 is 0 Å². The van der Waals surface area contributed by atoms with E-state index >= 15 is 0 Å². The molecule has 21 heavy (non-hydrogen) atoms. The summed E-state index contributed by atoms with van der Waals surface area (Å²) >= 11 is 9.49. The molecule has 1 atom stereocenters. The van der Waals surface area contributed by atoms with Crippen molar-refractivity contribution < 1.29 is 9.13 Å². The molecule has 0 aliphatic carbocycles. The summed E-state index contributed by atoms with van der Waals surface area (Å²) in [5.41, 5.74) is 1.83. The van der Waals surface area contributed by atoms with Gasteiger partial charge in [0.2, 0.25) is 0 Å². The van der Waals surface area contributed by atoms with Crippen LogP contribution in [0.1, 0.15) is 24.1 Å². The monoisotopic (exact) mass is 371 g/mol. The molecule has 2 rings (SSSR count). The average Bonchev–Trinajstić information content (AvgIpc) is 2.47. The van der Waals surface area contributed by atoms with Crippen molar-refractivity contribution in [1.29, 1.82) is 0 Å². The molecule has 5 heteroatoms. The third-order valence-electron chi connectivity index (χ3n) is 3.26. The van der Waals surface area contributed by atoms with E-state index in [0.29, 0.717) is 17.3 Å². The first kappa shape index (κ1) is 16.3. The van der Waals surface area contributed by atoms with E-state index in [0.717, 1.165) is 15.6 Å². The van der Waals surface area contributed by atoms with E-state index in [2.05, 4.69) is 21.2 Å². The minimum absolute atomic E-state index is 0.0541. The highest BCUT2D eigenvalue weighted by molar-refractivity contribution is 9.10. The van der Waals surface area contributed by atoms with Crippen molar-refractivity contribution in [2.24, 2.45) is 0 Å². The molecule has 0 aliphatic rings. The zero-order valence-corrected chi connectivity index (χ0v) is 14.1. The first-order valence-electron chi connectivity index (χ1n) is 6.52. The quantitative estimate of drug-likeness (QED) is 0.788. The van der Waals surface area contributed by atoms with Gasteiger partial charge in [0, 0.05) is 27.6 Å². The van der Waals surface area contributed by atoms with E-state index < -0.39 is 0 Å². The number of ether oxygens (including phenoxy) is 1. The van der Waals surface area contributed by atoms with Crippen LogP contribution >= 0.6 is 27.5 Å². The maximum absolute atomic E-state index is 13.4. The number of benzene rings is 2. The normalized spacial score (nSPS) is 12.2. The van der Waals surface area contributed by atoms with Crippen LogP contribution in [0.2, 0.25) is 5.02 Å². The smallest absolute Gasteiger partial charge is 0.123 e. The molecule has 0 aromatic heterocycles. The molecule has 0 saturated heterocycles. The average molecular weight is 373 g/mol. The van der Waals surface area contributed by atoms with Crippen molar-refractivity contribution >= 4 is 27.5 Å². The number of nitrogens with one attached hydrogen (secondary N) is 1. The lowest BCUT2D eigenvalue weighted by Gasteiger charge is -2.18. The molecule has 112 valence electrons. The van der Waals surface area contributed by atoms with Crippen LogP contribution < -0.4 is 10.1 Å². The maximum Gasteiger partial charge on any atom is 0.123 e. The van der Waals surface area contributed by atoms with Crippen LogP contribution in [0.4, 0.5) is 4.39 Å². The van der Waals surface area contributed by atoms with Gasteiger partial charge in [-0.2, -0.15) is 0 Å². The Morgan fingerprint density at radius 2 is 2.05 bits per heavy atom. The molecule has 1 N–H and O–H groups in total. The van der Waals surface area contributed by atoms with Gasteiger partial charge in [0.15, 0.2) is 0 Å². The molecule has 0 saturated carbocycles. The van der Waals surface area contributed by atoms with Gasteiger partial charge in [-0.15, -0.1) is 0 Å². The van der Waals surface area contributed by atoms with Gasteiger partial charge in [-0.05, 0) is 48.9 Å². The summed E-state index contributed by atoms with van der Waals surface area (Å²) in [4.78, 5) is 0. The molecule has 0 fully saturated rings. The highest BCUT2D eigenvalue weighted by Gasteiger charge is 2.13. The molecule has 2 aromatic carbocycles. The molecule has 0 bridgehead atoms. The zero-order chi connectivity index (χ0) is 15.4. The van der Waals surface area contributed by atoms with E-state index in [-0.39, 0.29) is 11.9 Å². The van der Waals surface area contributed by atoms with Crippen LogP contribution in [-0.4, -0.2) is 7.11 Å². The molecule has 0 radical (unpaired) electrons. The predicted octanol–water partition coefficient (Wildman–Crippen LogP) is 5.10. The summed E-state index contributed by atoms with van der Waals surface area (Å²) in [6.45, 7) is 2.58. The van der Waals surface area contributed by atoms with Crippen LogP contribution in [0.25, 0.3) is 0 Å². The molecular weight excluding hydrogens is 357 g/mol.